The molecule has 2 aromatic carbocycles. The molecule has 0 amide bonds. The minimum absolute atomic E-state index is 0. The zero-order valence-electron chi connectivity index (χ0n) is 32.5. The fraction of sp³-hybridized carbons (Fsp3) is 0.548. The monoisotopic (exact) mass is 878 g/mol. The smallest absolute Gasteiger partial charge is 0.162 e. The Labute approximate surface area is 316 Å². The van der Waals surface area contributed by atoms with Crippen molar-refractivity contribution in [1.29, 1.82) is 0 Å². The number of benzene rings is 2. The number of aromatic nitrogens is 2. The van der Waals surface area contributed by atoms with Gasteiger partial charge < -0.3 is 5.11 Å². The zero-order valence-corrected chi connectivity index (χ0v) is 36.7. The molecule has 4 aromatic rings. The summed E-state index contributed by atoms with van der Waals surface area (Å²) in [6, 6.07) is 14.7. The Balaban J connectivity index is 0.000000367. The van der Waals surface area contributed by atoms with Crippen LogP contribution < -0.4 is 4.50 Å². The van der Waals surface area contributed by atoms with Crippen LogP contribution in [0.3, 0.4) is 0 Å². The van der Waals surface area contributed by atoms with Gasteiger partial charge in [0.1, 0.15) is 6.33 Å². The van der Waals surface area contributed by atoms with Crippen LogP contribution in [0.4, 0.5) is 0 Å². The van der Waals surface area contributed by atoms with Gasteiger partial charge in [0.25, 0.3) is 0 Å². The summed E-state index contributed by atoms with van der Waals surface area (Å²) in [6.45, 7) is 30.6. The molecule has 0 aliphatic carbocycles. The fourth-order valence-electron chi connectivity index (χ4n) is 7.60. The normalized spacial score (nSPS) is 12.6. The molecule has 0 fully saturated rings. The number of allylic oxidation sites excluding steroid dienone is 2. The Kier molecular flexibility index (Phi) is 16.1. The molecule has 0 spiro atoms. The predicted octanol–water partition coefficient (Wildman–Crippen LogP) is 11.9. The average molecular weight is 878 g/mol. The molecule has 0 atom stereocenters. The van der Waals surface area contributed by atoms with Crippen molar-refractivity contribution in [3.8, 4) is 11.3 Å². The molecule has 0 aliphatic rings. The quantitative estimate of drug-likeness (QED) is 0.0666. The Hall–Kier alpha value is -2.18. The molecule has 2 aromatic heterocycles. The van der Waals surface area contributed by atoms with Crippen molar-refractivity contribution >= 4 is 50.7 Å². The van der Waals surface area contributed by atoms with Gasteiger partial charge >= 0.3 is 0 Å². The molecule has 4 nitrogen and oxygen atoms in total. The first-order valence-corrected chi connectivity index (χ1v) is 22.4. The summed E-state index contributed by atoms with van der Waals surface area (Å²) < 4.78 is 2.74. The summed E-state index contributed by atoms with van der Waals surface area (Å²) >= 11 is 1.90. The van der Waals surface area contributed by atoms with Crippen LogP contribution in [0.25, 0.3) is 32.2 Å². The van der Waals surface area contributed by atoms with Gasteiger partial charge in [-0.05, 0) is 46.6 Å². The van der Waals surface area contributed by atoms with E-state index >= 15 is 0 Å². The molecule has 7 heteroatoms. The van der Waals surface area contributed by atoms with Crippen LogP contribution in [0.15, 0.2) is 48.5 Å². The summed E-state index contributed by atoms with van der Waals surface area (Å²) in [5, 5.41) is 12.8. The number of hydrogen-bond acceptors (Lipinski definition) is 5. The first-order valence-electron chi connectivity index (χ1n) is 18.1. The largest absolute Gasteiger partial charge is 0.512 e. The van der Waals surface area contributed by atoms with E-state index in [0.29, 0.717) is 29.6 Å². The van der Waals surface area contributed by atoms with Gasteiger partial charge in [0.15, 0.2) is 5.78 Å². The molecule has 0 unspecified atom stereocenters. The van der Waals surface area contributed by atoms with Gasteiger partial charge in [0.2, 0.25) is 0 Å². The van der Waals surface area contributed by atoms with E-state index in [1.807, 2.05) is 11.3 Å². The number of aliphatic hydroxyl groups excluding tert-OH is 1. The molecule has 0 saturated heterocycles. The number of fused-ring (bicyclic) bond motifs is 2. The molecule has 1 N–H and O–H groups in total. The van der Waals surface area contributed by atoms with Gasteiger partial charge in [-0.1, -0.05) is 131 Å². The summed E-state index contributed by atoms with van der Waals surface area (Å²) in [4.78, 5) is 21.8. The Morgan fingerprint density at radius 1 is 0.898 bits per heavy atom. The van der Waals surface area contributed by atoms with Gasteiger partial charge in [-0.2, -0.15) is 0 Å². The topological polar surface area (TPSA) is 63.1 Å². The number of carbonyl (C=O) groups is 1. The SMILES string of the molecule is CC(C)C(C(=O)/C=C(\O)C(C(C)C)C(C)C)C(C)C.CCC(CC)c1cc(-c2ncnc3c(C)c([Si](C)(C)C)sc23)[c-]c2ccccc12.[Ir]. The third kappa shape index (κ3) is 10.2. The van der Waals surface area contributed by atoms with Gasteiger partial charge in [-0.25, -0.2) is 4.98 Å². The standard InChI is InChI=1S/C25H29N2SSi.C17H32O2.Ir/c1-7-17(8-2)21-14-19(13-18-11-9-10-12-20(18)21)23-24-22(26-15-27-23)16(3)25(28-24)29(4,5)6;1-10(2)16(11(3)4)14(18)9-15(19)17(12(5)6)13(7)8;/h9-12,14-15,17H,7-8H2,1-6H3;9-13,16-18H,1-8H3;/q-1;;/b;14-9-;. The second-order valence-corrected chi connectivity index (χ2v) is 22.3. The van der Waals surface area contributed by atoms with E-state index in [0.717, 1.165) is 29.6 Å². The molecule has 0 aliphatic heterocycles. The number of hydrogen-bond donors (Lipinski definition) is 1. The van der Waals surface area contributed by atoms with Crippen LogP contribution in [0.1, 0.15) is 99.1 Å². The van der Waals surface area contributed by atoms with Crippen molar-refractivity contribution in [2.75, 3.05) is 0 Å². The zero-order chi connectivity index (χ0) is 36.1. The molecule has 49 heavy (non-hydrogen) atoms. The Bertz CT molecular complexity index is 1700. The number of rotatable bonds is 12. The van der Waals surface area contributed by atoms with Crippen LogP contribution >= 0.6 is 11.3 Å². The number of ketones is 1. The maximum absolute atomic E-state index is 12.3. The molecular formula is C42H61IrN2O2SSi-. The summed E-state index contributed by atoms with van der Waals surface area (Å²) in [5.41, 5.74) is 6.01. The van der Waals surface area contributed by atoms with E-state index in [-0.39, 0.29) is 43.5 Å². The summed E-state index contributed by atoms with van der Waals surface area (Å²) in [7, 11) is -1.43. The summed E-state index contributed by atoms with van der Waals surface area (Å²) in [6.07, 6.45) is 5.49. The molecule has 271 valence electrons. The number of aliphatic hydroxyl groups is 1. The van der Waals surface area contributed by atoms with E-state index in [4.69, 9.17) is 4.98 Å². The minimum Gasteiger partial charge on any atom is -0.512 e. The first-order chi connectivity index (χ1) is 22.4. The van der Waals surface area contributed by atoms with Crippen LogP contribution in [0.2, 0.25) is 19.6 Å². The number of carbonyl (C=O) groups excluding carboxylic acids is 1. The van der Waals surface area contributed by atoms with Crippen molar-refractivity contribution in [1.82, 2.24) is 9.97 Å². The van der Waals surface area contributed by atoms with Crippen molar-refractivity contribution in [3.63, 3.8) is 0 Å². The summed E-state index contributed by atoms with van der Waals surface area (Å²) in [5.74, 6) is 2.18. The number of thiophene rings is 1. The van der Waals surface area contributed by atoms with Crippen molar-refractivity contribution in [2.45, 2.75) is 115 Å². The molecule has 0 saturated carbocycles. The first kappa shape index (κ1) is 43.0. The van der Waals surface area contributed by atoms with Crippen molar-refractivity contribution in [3.05, 3.63) is 65.7 Å². The molecule has 0 bridgehead atoms. The maximum atomic E-state index is 12.3. The number of nitrogens with zero attached hydrogens (tertiary/aromatic N) is 2. The van der Waals surface area contributed by atoms with Crippen molar-refractivity contribution < 1.29 is 30.0 Å². The molecular weight excluding hydrogens is 817 g/mol. The number of aryl methyl sites for hydroxylation is 1. The third-order valence-corrected chi connectivity index (χ3v) is 14.7. The van der Waals surface area contributed by atoms with E-state index in [1.54, 1.807) is 6.33 Å². The van der Waals surface area contributed by atoms with E-state index in [9.17, 15) is 9.90 Å². The van der Waals surface area contributed by atoms with E-state index in [1.165, 1.54) is 37.2 Å². The van der Waals surface area contributed by atoms with Gasteiger partial charge in [0, 0.05) is 48.4 Å². The molecule has 4 rings (SSSR count). The van der Waals surface area contributed by atoms with Crippen LogP contribution in [0, 0.1) is 48.5 Å². The minimum atomic E-state index is -1.43. The average Bonchev–Trinajstić information content (AvgIpc) is 3.34. The van der Waals surface area contributed by atoms with Crippen LogP contribution in [-0.2, 0) is 24.9 Å². The van der Waals surface area contributed by atoms with Gasteiger partial charge in [0.05, 0.1) is 19.3 Å². The van der Waals surface area contributed by atoms with Crippen LogP contribution in [0.5, 0.6) is 0 Å². The second kappa shape index (κ2) is 18.3. The van der Waals surface area contributed by atoms with E-state index in [2.05, 4.69) is 137 Å². The molecule has 2 heterocycles. The Morgan fingerprint density at radius 2 is 1.45 bits per heavy atom. The second-order valence-electron chi connectivity index (χ2n) is 15.9. The van der Waals surface area contributed by atoms with Crippen molar-refractivity contribution in [2.24, 2.45) is 35.5 Å². The van der Waals surface area contributed by atoms with Gasteiger partial charge in [-0.15, -0.1) is 40.5 Å². The predicted molar refractivity (Wildman–Crippen MR) is 212 cm³/mol. The van der Waals surface area contributed by atoms with Gasteiger partial charge in [-0.3, -0.25) is 9.78 Å². The fourth-order valence-corrected chi connectivity index (χ4v) is 11.4. The Morgan fingerprint density at radius 3 is 1.96 bits per heavy atom. The van der Waals surface area contributed by atoms with Crippen LogP contribution in [-0.4, -0.2) is 28.9 Å². The van der Waals surface area contributed by atoms with E-state index < -0.39 is 8.07 Å². The third-order valence-electron chi connectivity index (χ3n) is 9.71. The molecule has 1 radical (unpaired) electrons. The maximum Gasteiger partial charge on any atom is 0.162 e.